The Balaban J connectivity index is 2.40. The lowest BCUT2D eigenvalue weighted by molar-refractivity contribution is 0.486. The van der Waals surface area contributed by atoms with Crippen molar-refractivity contribution in [2.24, 2.45) is 0 Å². The van der Waals surface area contributed by atoms with Crippen LogP contribution in [-0.2, 0) is 22.0 Å². The molecule has 0 spiro atoms. The van der Waals surface area contributed by atoms with Gasteiger partial charge in [0.15, 0.2) is 0 Å². The van der Waals surface area contributed by atoms with Crippen LogP contribution in [0.3, 0.4) is 0 Å². The van der Waals surface area contributed by atoms with Crippen molar-refractivity contribution in [3.8, 4) is 0 Å². The largest absolute Gasteiger partial charge is 0.285 e. The summed E-state index contributed by atoms with van der Waals surface area (Å²) in [5.74, 6) is -0.298. The van der Waals surface area contributed by atoms with E-state index in [4.69, 9.17) is 4.55 Å². The number of hydrogen-bond donors (Lipinski definition) is 1. The number of rotatable bonds is 8. The Morgan fingerprint density at radius 1 is 1.14 bits per heavy atom. The molecule has 0 atom stereocenters. The Morgan fingerprint density at radius 3 is 2.29 bits per heavy atom. The first-order valence-electron chi connectivity index (χ1n) is 7.44. The van der Waals surface area contributed by atoms with E-state index in [-0.39, 0.29) is 11.2 Å². The Morgan fingerprint density at radius 2 is 1.76 bits per heavy atom. The standard InChI is InChI=1S/C17H26O3S/c1-4-17(2,3)16-12-10-15(11-13-16)9-7-5-6-8-14-21(18,19)20/h6,8,10-13H,4-5,7,9,14H2,1-3H3,(H,18,19,20). The number of unbranched alkanes of at least 4 members (excludes halogenated alkanes) is 1. The molecule has 0 aliphatic heterocycles. The minimum atomic E-state index is -3.87. The molecule has 3 nitrogen and oxygen atoms in total. The fourth-order valence-corrected chi connectivity index (χ4v) is 2.44. The van der Waals surface area contributed by atoms with Crippen LogP contribution in [0.25, 0.3) is 0 Å². The van der Waals surface area contributed by atoms with Crippen LogP contribution in [0.1, 0.15) is 51.2 Å². The van der Waals surface area contributed by atoms with Crippen molar-refractivity contribution in [2.45, 2.75) is 51.9 Å². The molecule has 1 aromatic rings. The van der Waals surface area contributed by atoms with Crippen molar-refractivity contribution in [1.29, 1.82) is 0 Å². The molecule has 0 radical (unpaired) electrons. The van der Waals surface area contributed by atoms with Gasteiger partial charge >= 0.3 is 0 Å². The van der Waals surface area contributed by atoms with Gasteiger partial charge in [-0.1, -0.05) is 57.2 Å². The van der Waals surface area contributed by atoms with Gasteiger partial charge in [-0.05, 0) is 42.2 Å². The molecule has 0 saturated heterocycles. The molecule has 0 bridgehead atoms. The molecule has 0 aromatic heterocycles. The van der Waals surface area contributed by atoms with E-state index in [1.807, 2.05) is 6.08 Å². The smallest absolute Gasteiger partial charge is 0.268 e. The second-order valence-corrected chi connectivity index (χ2v) is 7.54. The third-order valence-electron chi connectivity index (χ3n) is 3.93. The van der Waals surface area contributed by atoms with E-state index in [1.54, 1.807) is 0 Å². The molecule has 0 heterocycles. The van der Waals surface area contributed by atoms with Crippen molar-refractivity contribution >= 4 is 10.1 Å². The van der Waals surface area contributed by atoms with Crippen LogP contribution < -0.4 is 0 Å². The van der Waals surface area contributed by atoms with Crippen molar-refractivity contribution in [3.05, 3.63) is 47.5 Å². The Labute approximate surface area is 128 Å². The molecule has 118 valence electrons. The number of aryl methyl sites for hydroxylation is 1. The number of hydrogen-bond acceptors (Lipinski definition) is 2. The highest BCUT2D eigenvalue weighted by Gasteiger charge is 2.17. The monoisotopic (exact) mass is 310 g/mol. The summed E-state index contributed by atoms with van der Waals surface area (Å²) in [6.07, 6.45) is 7.19. The summed E-state index contributed by atoms with van der Waals surface area (Å²) < 4.78 is 29.6. The Hall–Kier alpha value is -1.13. The molecule has 1 aromatic carbocycles. The minimum absolute atomic E-state index is 0.219. The summed E-state index contributed by atoms with van der Waals surface area (Å²) in [4.78, 5) is 0. The average molecular weight is 310 g/mol. The molecule has 1 rings (SSSR count). The first kappa shape index (κ1) is 17.9. The lowest BCUT2D eigenvalue weighted by Crippen LogP contribution is -2.15. The van der Waals surface area contributed by atoms with Crippen LogP contribution in [0, 0.1) is 0 Å². The van der Waals surface area contributed by atoms with E-state index in [9.17, 15) is 8.42 Å². The third-order valence-corrected chi connectivity index (χ3v) is 4.54. The van der Waals surface area contributed by atoms with Gasteiger partial charge in [-0.25, -0.2) is 0 Å². The van der Waals surface area contributed by atoms with Gasteiger partial charge in [0.05, 0.1) is 5.75 Å². The zero-order chi connectivity index (χ0) is 15.9. The van der Waals surface area contributed by atoms with Crippen LogP contribution in [-0.4, -0.2) is 18.7 Å². The molecule has 0 aliphatic rings. The topological polar surface area (TPSA) is 54.4 Å². The Kier molecular flexibility index (Phi) is 6.62. The van der Waals surface area contributed by atoms with E-state index >= 15 is 0 Å². The SMILES string of the molecule is CCC(C)(C)c1ccc(CCCC=CCS(=O)(=O)O)cc1. The minimum Gasteiger partial charge on any atom is -0.285 e. The van der Waals surface area contributed by atoms with Gasteiger partial charge in [-0.3, -0.25) is 4.55 Å². The summed E-state index contributed by atoms with van der Waals surface area (Å²) in [5.41, 5.74) is 2.88. The molecule has 0 amide bonds. The summed E-state index contributed by atoms with van der Waals surface area (Å²) in [7, 11) is -3.87. The summed E-state index contributed by atoms with van der Waals surface area (Å²) in [6.45, 7) is 6.71. The molecule has 0 fully saturated rings. The van der Waals surface area contributed by atoms with Crippen molar-refractivity contribution < 1.29 is 13.0 Å². The highest BCUT2D eigenvalue weighted by molar-refractivity contribution is 7.85. The predicted molar refractivity (Wildman–Crippen MR) is 88.3 cm³/mol. The quantitative estimate of drug-likeness (QED) is 0.446. The zero-order valence-corrected chi connectivity index (χ0v) is 14.0. The fourth-order valence-electron chi connectivity index (χ4n) is 2.06. The molecule has 1 N–H and O–H groups in total. The maximum absolute atomic E-state index is 10.5. The lowest BCUT2D eigenvalue weighted by atomic mass is 9.82. The molecule has 0 aliphatic carbocycles. The van der Waals surface area contributed by atoms with Gasteiger partial charge in [-0.15, -0.1) is 0 Å². The first-order chi connectivity index (χ1) is 9.74. The summed E-state index contributed by atoms with van der Waals surface area (Å²) >= 11 is 0. The Bertz CT molecular complexity index is 554. The molecule has 0 unspecified atom stereocenters. The summed E-state index contributed by atoms with van der Waals surface area (Å²) in [6, 6.07) is 8.75. The van der Waals surface area contributed by atoms with E-state index < -0.39 is 10.1 Å². The van der Waals surface area contributed by atoms with Gasteiger partial charge in [0, 0.05) is 0 Å². The molecule has 0 saturated carbocycles. The highest BCUT2D eigenvalue weighted by Crippen LogP contribution is 2.26. The van der Waals surface area contributed by atoms with E-state index in [0.717, 1.165) is 25.7 Å². The fraction of sp³-hybridized carbons (Fsp3) is 0.529. The number of benzene rings is 1. The van der Waals surface area contributed by atoms with Crippen LogP contribution in [0.4, 0.5) is 0 Å². The van der Waals surface area contributed by atoms with E-state index in [0.29, 0.717) is 0 Å². The molecular weight excluding hydrogens is 284 g/mol. The third kappa shape index (κ3) is 6.91. The van der Waals surface area contributed by atoms with Crippen molar-refractivity contribution in [3.63, 3.8) is 0 Å². The van der Waals surface area contributed by atoms with Gasteiger partial charge < -0.3 is 0 Å². The zero-order valence-electron chi connectivity index (χ0n) is 13.2. The van der Waals surface area contributed by atoms with Crippen LogP contribution >= 0.6 is 0 Å². The lowest BCUT2D eigenvalue weighted by Gasteiger charge is -2.23. The second kappa shape index (κ2) is 7.76. The van der Waals surface area contributed by atoms with Gasteiger partial charge in [0.1, 0.15) is 0 Å². The van der Waals surface area contributed by atoms with Gasteiger partial charge in [0.2, 0.25) is 0 Å². The second-order valence-electron chi connectivity index (χ2n) is 6.05. The van der Waals surface area contributed by atoms with Crippen LogP contribution in [0.2, 0.25) is 0 Å². The van der Waals surface area contributed by atoms with Crippen LogP contribution in [0.15, 0.2) is 36.4 Å². The predicted octanol–water partition coefficient (Wildman–Crippen LogP) is 4.14. The maximum Gasteiger partial charge on any atom is 0.268 e. The van der Waals surface area contributed by atoms with Crippen molar-refractivity contribution in [1.82, 2.24) is 0 Å². The van der Waals surface area contributed by atoms with Gasteiger partial charge in [0.25, 0.3) is 10.1 Å². The molecular formula is C17H26O3S. The molecule has 21 heavy (non-hydrogen) atoms. The normalized spacial score (nSPS) is 13.0. The van der Waals surface area contributed by atoms with E-state index in [1.165, 1.54) is 17.2 Å². The number of allylic oxidation sites excluding steroid dienone is 1. The summed E-state index contributed by atoms with van der Waals surface area (Å²) in [5, 5.41) is 0. The highest BCUT2D eigenvalue weighted by atomic mass is 32.2. The molecule has 4 heteroatoms. The van der Waals surface area contributed by atoms with Crippen molar-refractivity contribution in [2.75, 3.05) is 5.75 Å². The van der Waals surface area contributed by atoms with E-state index in [2.05, 4.69) is 45.0 Å². The first-order valence-corrected chi connectivity index (χ1v) is 9.05. The van der Waals surface area contributed by atoms with Crippen LogP contribution in [0.5, 0.6) is 0 Å². The maximum atomic E-state index is 10.5. The average Bonchev–Trinajstić information content (AvgIpc) is 2.42. The van der Waals surface area contributed by atoms with Gasteiger partial charge in [-0.2, -0.15) is 8.42 Å².